The maximum Gasteiger partial charge on any atom is 0.167 e. The Kier molecular flexibility index (Phi) is 8.08. The van der Waals surface area contributed by atoms with E-state index in [1.54, 1.807) is 0 Å². The lowest BCUT2D eigenvalue weighted by Gasteiger charge is -2.24. The van der Waals surface area contributed by atoms with Crippen LogP contribution in [-0.2, 0) is 6.42 Å². The second-order valence-corrected chi connectivity index (χ2v) is 10.3. The molecule has 0 spiro atoms. The molecular weight excluding hydrogens is 364 g/mol. The van der Waals surface area contributed by atoms with E-state index in [1.165, 1.54) is 27.8 Å². The predicted molar refractivity (Wildman–Crippen MR) is 130 cm³/mol. The zero-order valence-electron chi connectivity index (χ0n) is 20.8. The molecule has 1 heteroatoms. The van der Waals surface area contributed by atoms with Crippen LogP contribution in [0.25, 0.3) is 0 Å². The Morgan fingerprint density at radius 2 is 1.23 bits per heavy atom. The Morgan fingerprint density at radius 1 is 0.733 bits per heavy atom. The molecule has 1 nitrogen and oxygen atoms in total. The van der Waals surface area contributed by atoms with E-state index in [-0.39, 0.29) is 11.7 Å². The zero-order chi connectivity index (χ0) is 22.7. The highest BCUT2D eigenvalue weighted by atomic mass is 16.1. The van der Waals surface area contributed by atoms with Crippen LogP contribution in [0.2, 0.25) is 0 Å². The Hall–Kier alpha value is -1.89. The van der Waals surface area contributed by atoms with Crippen molar-refractivity contribution in [3.05, 3.63) is 69.3 Å². The Morgan fingerprint density at radius 3 is 1.63 bits per heavy atom. The lowest BCUT2D eigenvalue weighted by molar-refractivity contribution is 0.0989. The molecule has 0 saturated heterocycles. The van der Waals surface area contributed by atoms with Gasteiger partial charge in [0.2, 0.25) is 0 Å². The van der Waals surface area contributed by atoms with Crippen LogP contribution < -0.4 is 0 Å². The fraction of sp³-hybridized carbons (Fsp3) is 0.552. The first-order valence-corrected chi connectivity index (χ1v) is 11.7. The Balaban J connectivity index is 2.68. The molecule has 0 atom stereocenters. The predicted octanol–water partition coefficient (Wildman–Crippen LogP) is 8.53. The van der Waals surface area contributed by atoms with Gasteiger partial charge >= 0.3 is 0 Å². The molecule has 0 unspecified atom stereocenters. The third kappa shape index (κ3) is 5.23. The van der Waals surface area contributed by atoms with Crippen LogP contribution in [0.1, 0.15) is 143 Å². The zero-order valence-corrected chi connectivity index (χ0v) is 20.8. The van der Waals surface area contributed by atoms with Crippen molar-refractivity contribution in [1.82, 2.24) is 0 Å². The quantitative estimate of drug-likeness (QED) is 0.402. The smallest absolute Gasteiger partial charge is 0.167 e. The third-order valence-corrected chi connectivity index (χ3v) is 6.08. The van der Waals surface area contributed by atoms with Crippen LogP contribution in [0.5, 0.6) is 0 Å². The standard InChI is InChI=1S/C29H41O/c1-17(2)22-14-25(20(7)8)29(26(15-22)21(9)10)28(30)16-27-23(18(3)4)12-11-13-24(27)19(5)6/h11-14,17-21H,16H2,1-10H3. The summed E-state index contributed by atoms with van der Waals surface area (Å²) in [6.07, 6.45) is 0.468. The number of Topliss-reactive ketones (excluding diaryl/α,β-unsaturated/α-hetero) is 1. The minimum absolute atomic E-state index is 0.240. The van der Waals surface area contributed by atoms with Gasteiger partial charge in [-0.25, -0.2) is 0 Å². The summed E-state index contributed by atoms with van der Waals surface area (Å²) in [7, 11) is 0. The number of carbonyl (C=O) groups is 1. The molecule has 163 valence electrons. The molecule has 30 heavy (non-hydrogen) atoms. The van der Waals surface area contributed by atoms with Crippen molar-refractivity contribution in [1.29, 1.82) is 0 Å². The summed E-state index contributed by atoms with van der Waals surface area (Å²) in [5, 5.41) is 0. The van der Waals surface area contributed by atoms with Gasteiger partial charge in [0, 0.05) is 12.0 Å². The van der Waals surface area contributed by atoms with Crippen LogP contribution in [-0.4, -0.2) is 5.78 Å². The van der Waals surface area contributed by atoms with E-state index in [4.69, 9.17) is 0 Å². The number of hydrogen-bond donors (Lipinski definition) is 0. The number of benzene rings is 2. The Bertz CT molecular complexity index is 826. The van der Waals surface area contributed by atoms with E-state index < -0.39 is 0 Å². The number of hydrogen-bond acceptors (Lipinski definition) is 1. The maximum absolute atomic E-state index is 13.9. The molecule has 0 aliphatic rings. The van der Waals surface area contributed by atoms with Crippen LogP contribution in [0.3, 0.4) is 0 Å². The second-order valence-electron chi connectivity index (χ2n) is 10.3. The van der Waals surface area contributed by atoms with Crippen molar-refractivity contribution in [2.45, 2.75) is 105 Å². The van der Waals surface area contributed by atoms with Gasteiger partial charge in [-0.1, -0.05) is 93.5 Å². The highest BCUT2D eigenvalue weighted by Crippen LogP contribution is 2.34. The Labute approximate surface area is 185 Å². The normalized spacial score (nSPS) is 12.1. The van der Waals surface area contributed by atoms with Gasteiger partial charge in [-0.05, 0) is 69.0 Å². The van der Waals surface area contributed by atoms with Gasteiger partial charge in [0.1, 0.15) is 0 Å². The molecular formula is C29H41O. The maximum atomic E-state index is 13.9. The summed E-state index contributed by atoms with van der Waals surface area (Å²) in [6.45, 7) is 22.0. The van der Waals surface area contributed by atoms with E-state index in [1.807, 2.05) is 0 Å². The molecule has 0 saturated carbocycles. The van der Waals surface area contributed by atoms with Gasteiger partial charge in [-0.2, -0.15) is 0 Å². The van der Waals surface area contributed by atoms with Gasteiger partial charge in [0.05, 0.1) is 0 Å². The lowest BCUT2D eigenvalue weighted by Crippen LogP contribution is -2.16. The molecule has 0 aliphatic carbocycles. The fourth-order valence-electron chi connectivity index (χ4n) is 4.32. The monoisotopic (exact) mass is 405 g/mol. The average Bonchev–Trinajstić information content (AvgIpc) is 2.66. The van der Waals surface area contributed by atoms with E-state index in [2.05, 4.69) is 99.6 Å². The van der Waals surface area contributed by atoms with E-state index in [0.717, 1.165) is 11.1 Å². The van der Waals surface area contributed by atoms with Gasteiger partial charge in [-0.3, -0.25) is 4.79 Å². The van der Waals surface area contributed by atoms with Crippen molar-refractivity contribution >= 4 is 5.78 Å². The number of ketones is 1. The minimum atomic E-state index is 0.240. The number of rotatable bonds is 8. The van der Waals surface area contributed by atoms with Gasteiger partial charge in [0.15, 0.2) is 5.78 Å². The van der Waals surface area contributed by atoms with Crippen molar-refractivity contribution in [2.24, 2.45) is 0 Å². The molecule has 1 radical (unpaired) electrons. The first kappa shape index (κ1) is 24.4. The van der Waals surface area contributed by atoms with Crippen LogP contribution >= 0.6 is 0 Å². The van der Waals surface area contributed by atoms with Crippen molar-refractivity contribution in [2.75, 3.05) is 0 Å². The fourth-order valence-corrected chi connectivity index (χ4v) is 4.32. The molecule has 2 aromatic carbocycles. The molecule has 0 bridgehead atoms. The van der Waals surface area contributed by atoms with Crippen molar-refractivity contribution in [3.63, 3.8) is 0 Å². The molecule has 2 aromatic rings. The molecule has 0 aliphatic heterocycles. The molecule has 0 N–H and O–H groups in total. The highest BCUT2D eigenvalue weighted by Gasteiger charge is 2.25. The highest BCUT2D eigenvalue weighted by molar-refractivity contribution is 6.01. The van der Waals surface area contributed by atoms with Gasteiger partial charge in [0.25, 0.3) is 0 Å². The first-order chi connectivity index (χ1) is 14.0. The summed E-state index contributed by atoms with van der Waals surface area (Å²) in [5.74, 6) is 2.01. The topological polar surface area (TPSA) is 17.1 Å². The van der Waals surface area contributed by atoms with Crippen molar-refractivity contribution < 1.29 is 4.79 Å². The van der Waals surface area contributed by atoms with E-state index >= 15 is 0 Å². The van der Waals surface area contributed by atoms with E-state index in [0.29, 0.717) is 30.1 Å². The van der Waals surface area contributed by atoms with Crippen molar-refractivity contribution in [3.8, 4) is 0 Å². The van der Waals surface area contributed by atoms with Crippen LogP contribution in [0, 0.1) is 6.07 Å². The van der Waals surface area contributed by atoms with E-state index in [9.17, 15) is 4.79 Å². The number of carbonyl (C=O) groups excluding carboxylic acids is 1. The molecule has 0 amide bonds. The minimum Gasteiger partial charge on any atom is -0.294 e. The molecule has 0 aromatic heterocycles. The van der Waals surface area contributed by atoms with Crippen LogP contribution in [0.4, 0.5) is 0 Å². The first-order valence-electron chi connectivity index (χ1n) is 11.7. The SMILES string of the molecule is CC(C)c1[c]c(C(C)C)c(C(=O)Cc2c(C(C)C)cccc2C(C)C)c(C(C)C)c1. The summed E-state index contributed by atoms with van der Waals surface area (Å²) in [5.41, 5.74) is 8.22. The molecule has 0 fully saturated rings. The molecule has 2 rings (SSSR count). The second kappa shape index (κ2) is 9.94. The summed E-state index contributed by atoms with van der Waals surface area (Å²) < 4.78 is 0. The summed E-state index contributed by atoms with van der Waals surface area (Å²) in [6, 6.07) is 12.4. The lowest BCUT2D eigenvalue weighted by atomic mass is 9.80. The van der Waals surface area contributed by atoms with Crippen LogP contribution in [0.15, 0.2) is 24.3 Å². The largest absolute Gasteiger partial charge is 0.294 e. The summed E-state index contributed by atoms with van der Waals surface area (Å²) >= 11 is 0. The average molecular weight is 406 g/mol. The van der Waals surface area contributed by atoms with Gasteiger partial charge < -0.3 is 0 Å². The molecule has 0 heterocycles. The van der Waals surface area contributed by atoms with Gasteiger partial charge in [-0.15, -0.1) is 0 Å². The summed E-state index contributed by atoms with van der Waals surface area (Å²) in [4.78, 5) is 13.9. The third-order valence-electron chi connectivity index (χ3n) is 6.08.